The maximum Gasteiger partial charge on any atom is 0.226 e. The van der Waals surface area contributed by atoms with E-state index in [4.69, 9.17) is 0 Å². The summed E-state index contributed by atoms with van der Waals surface area (Å²) in [4.78, 5) is 15.3. The monoisotopic (exact) mass is 284 g/mol. The molecule has 0 unspecified atom stereocenters. The fourth-order valence-corrected chi connectivity index (χ4v) is 3.23. The molecule has 1 aliphatic rings. The van der Waals surface area contributed by atoms with Crippen LogP contribution in [0.4, 0.5) is 0 Å². The Morgan fingerprint density at radius 3 is 1.75 bits per heavy atom. The smallest absolute Gasteiger partial charge is 0.226 e. The van der Waals surface area contributed by atoms with E-state index in [-0.39, 0.29) is 5.12 Å². The standard InChI is InChI=1S/C16H16N2OS/c19-15-16(17-18-20-15,11-13-7-3-1-4-8-13)12-14-9-5-2-6-10-14/h1-10,17-18H,11-12H2. The van der Waals surface area contributed by atoms with Crippen molar-refractivity contribution in [3.8, 4) is 0 Å². The first kappa shape index (κ1) is 13.4. The molecule has 1 heterocycles. The van der Waals surface area contributed by atoms with Gasteiger partial charge in [-0.3, -0.25) is 4.79 Å². The number of rotatable bonds is 4. The molecule has 2 aromatic rings. The number of hydrogen-bond donors (Lipinski definition) is 2. The van der Waals surface area contributed by atoms with E-state index < -0.39 is 5.54 Å². The van der Waals surface area contributed by atoms with Crippen molar-refractivity contribution < 1.29 is 4.79 Å². The van der Waals surface area contributed by atoms with E-state index in [0.717, 1.165) is 23.1 Å². The van der Waals surface area contributed by atoms with Gasteiger partial charge < -0.3 is 0 Å². The zero-order chi connectivity index (χ0) is 13.8. The maximum absolute atomic E-state index is 12.3. The molecule has 3 rings (SSSR count). The molecule has 0 aliphatic carbocycles. The SMILES string of the molecule is O=C1SNNC1(Cc1ccccc1)Cc1ccccc1. The van der Waals surface area contributed by atoms with Gasteiger partial charge in [-0.15, -0.1) is 0 Å². The molecule has 102 valence electrons. The van der Waals surface area contributed by atoms with E-state index >= 15 is 0 Å². The quantitative estimate of drug-likeness (QED) is 0.846. The van der Waals surface area contributed by atoms with Crippen LogP contribution in [0.25, 0.3) is 0 Å². The molecule has 4 heteroatoms. The van der Waals surface area contributed by atoms with Gasteiger partial charge in [-0.2, -0.15) is 4.83 Å². The van der Waals surface area contributed by atoms with Gasteiger partial charge in [0.2, 0.25) is 5.12 Å². The molecule has 0 radical (unpaired) electrons. The first-order valence-electron chi connectivity index (χ1n) is 6.60. The lowest BCUT2D eigenvalue weighted by atomic mass is 9.86. The van der Waals surface area contributed by atoms with Crippen LogP contribution in [0.1, 0.15) is 11.1 Å². The van der Waals surface area contributed by atoms with E-state index in [9.17, 15) is 4.79 Å². The van der Waals surface area contributed by atoms with E-state index in [2.05, 4.69) is 34.5 Å². The molecule has 0 aromatic heterocycles. The van der Waals surface area contributed by atoms with Crippen LogP contribution in [-0.4, -0.2) is 10.7 Å². The second kappa shape index (κ2) is 5.79. The average Bonchev–Trinajstić information content (AvgIpc) is 2.82. The Morgan fingerprint density at radius 2 is 1.35 bits per heavy atom. The highest BCUT2D eigenvalue weighted by atomic mass is 32.2. The zero-order valence-electron chi connectivity index (χ0n) is 11.0. The normalized spacial score (nSPS) is 17.3. The van der Waals surface area contributed by atoms with Crippen molar-refractivity contribution in [2.45, 2.75) is 18.4 Å². The zero-order valence-corrected chi connectivity index (χ0v) is 11.8. The predicted molar refractivity (Wildman–Crippen MR) is 81.9 cm³/mol. The second-order valence-corrected chi connectivity index (χ2v) is 5.80. The number of nitrogens with one attached hydrogen (secondary N) is 2. The maximum atomic E-state index is 12.3. The van der Waals surface area contributed by atoms with Gasteiger partial charge in [0.05, 0.1) is 0 Å². The van der Waals surface area contributed by atoms with Gasteiger partial charge in [-0.25, -0.2) is 5.43 Å². The topological polar surface area (TPSA) is 41.1 Å². The molecule has 0 atom stereocenters. The molecule has 0 bridgehead atoms. The Labute approximate surface area is 122 Å². The average molecular weight is 284 g/mol. The number of carbonyl (C=O) groups excluding carboxylic acids is 1. The number of hydrogen-bond acceptors (Lipinski definition) is 4. The van der Waals surface area contributed by atoms with Gasteiger partial charge in [-0.05, 0) is 11.1 Å². The Hall–Kier alpha value is -1.62. The van der Waals surface area contributed by atoms with Crippen molar-refractivity contribution in [3.63, 3.8) is 0 Å². The van der Waals surface area contributed by atoms with Gasteiger partial charge in [0, 0.05) is 24.8 Å². The fourth-order valence-electron chi connectivity index (χ4n) is 2.50. The van der Waals surface area contributed by atoms with Gasteiger partial charge in [0.15, 0.2) is 0 Å². The summed E-state index contributed by atoms with van der Waals surface area (Å²) in [6.45, 7) is 0. The van der Waals surface area contributed by atoms with E-state index in [1.54, 1.807) is 0 Å². The third-order valence-corrected chi connectivity index (χ3v) is 4.30. The summed E-state index contributed by atoms with van der Waals surface area (Å²) in [5.74, 6) is 0. The molecule has 0 spiro atoms. The van der Waals surface area contributed by atoms with Crippen molar-refractivity contribution in [3.05, 3.63) is 71.8 Å². The van der Waals surface area contributed by atoms with Crippen LogP contribution in [0.5, 0.6) is 0 Å². The minimum Gasteiger partial charge on any atom is -0.284 e. The van der Waals surface area contributed by atoms with E-state index in [0.29, 0.717) is 12.8 Å². The summed E-state index contributed by atoms with van der Waals surface area (Å²) >= 11 is 1.14. The third kappa shape index (κ3) is 2.77. The second-order valence-electron chi connectivity index (χ2n) is 5.02. The lowest BCUT2D eigenvalue weighted by molar-refractivity contribution is -0.115. The highest BCUT2D eigenvalue weighted by molar-refractivity contribution is 8.12. The van der Waals surface area contributed by atoms with Crippen molar-refractivity contribution in [1.82, 2.24) is 10.3 Å². The van der Waals surface area contributed by atoms with Gasteiger partial charge in [-0.1, -0.05) is 60.7 Å². The first-order valence-corrected chi connectivity index (χ1v) is 7.41. The Kier molecular flexibility index (Phi) is 3.87. The Bertz CT molecular complexity index is 544. The van der Waals surface area contributed by atoms with Crippen LogP contribution < -0.4 is 10.3 Å². The summed E-state index contributed by atoms with van der Waals surface area (Å²) in [5.41, 5.74) is 4.93. The number of carbonyl (C=O) groups is 1. The lowest BCUT2D eigenvalue weighted by Gasteiger charge is -2.26. The summed E-state index contributed by atoms with van der Waals surface area (Å²) in [5, 5.41) is 0.144. The number of benzene rings is 2. The van der Waals surface area contributed by atoms with Crippen molar-refractivity contribution >= 4 is 17.1 Å². The molecule has 20 heavy (non-hydrogen) atoms. The minimum absolute atomic E-state index is 0.144. The summed E-state index contributed by atoms with van der Waals surface area (Å²) in [6, 6.07) is 20.2. The predicted octanol–water partition coefficient (Wildman–Crippen LogP) is 2.49. The summed E-state index contributed by atoms with van der Waals surface area (Å²) in [6.07, 6.45) is 1.36. The molecule has 1 fully saturated rings. The molecule has 2 aromatic carbocycles. The third-order valence-electron chi connectivity index (χ3n) is 3.52. The van der Waals surface area contributed by atoms with Crippen molar-refractivity contribution in [2.24, 2.45) is 0 Å². The van der Waals surface area contributed by atoms with Crippen LogP contribution in [0.2, 0.25) is 0 Å². The van der Waals surface area contributed by atoms with Crippen LogP contribution in [0.15, 0.2) is 60.7 Å². The van der Waals surface area contributed by atoms with E-state index in [1.807, 2.05) is 36.4 Å². The van der Waals surface area contributed by atoms with Crippen LogP contribution in [0, 0.1) is 0 Å². The molecule has 1 aliphatic heterocycles. The van der Waals surface area contributed by atoms with Gasteiger partial charge in [0.25, 0.3) is 0 Å². The molecular weight excluding hydrogens is 268 g/mol. The molecule has 0 amide bonds. The summed E-state index contributed by atoms with van der Waals surface area (Å²) in [7, 11) is 0. The van der Waals surface area contributed by atoms with Crippen LogP contribution in [0.3, 0.4) is 0 Å². The minimum atomic E-state index is -0.576. The van der Waals surface area contributed by atoms with Crippen LogP contribution in [-0.2, 0) is 17.6 Å². The highest BCUT2D eigenvalue weighted by Crippen LogP contribution is 2.28. The van der Waals surface area contributed by atoms with Crippen molar-refractivity contribution in [1.29, 1.82) is 0 Å². The van der Waals surface area contributed by atoms with Crippen LogP contribution >= 0.6 is 11.9 Å². The Balaban J connectivity index is 1.87. The van der Waals surface area contributed by atoms with E-state index in [1.165, 1.54) is 0 Å². The fraction of sp³-hybridized carbons (Fsp3) is 0.188. The summed E-state index contributed by atoms with van der Waals surface area (Å²) < 4.78 is 0. The molecule has 1 saturated heterocycles. The molecule has 0 saturated carbocycles. The molecular formula is C16H16N2OS. The van der Waals surface area contributed by atoms with Crippen molar-refractivity contribution in [2.75, 3.05) is 0 Å². The largest absolute Gasteiger partial charge is 0.284 e. The Morgan fingerprint density at radius 1 is 0.850 bits per heavy atom. The van der Waals surface area contributed by atoms with Gasteiger partial charge >= 0.3 is 0 Å². The lowest BCUT2D eigenvalue weighted by Crippen LogP contribution is -2.51. The number of hydrazine groups is 1. The van der Waals surface area contributed by atoms with Gasteiger partial charge in [0.1, 0.15) is 5.54 Å². The highest BCUT2D eigenvalue weighted by Gasteiger charge is 2.43. The molecule has 2 N–H and O–H groups in total. The molecule has 3 nitrogen and oxygen atoms in total. The first-order chi connectivity index (χ1) is 9.78.